The molecule has 0 radical (unpaired) electrons. The van der Waals surface area contributed by atoms with E-state index in [2.05, 4.69) is 16.8 Å². The van der Waals surface area contributed by atoms with Gasteiger partial charge in [0.2, 0.25) is 0 Å². The summed E-state index contributed by atoms with van der Waals surface area (Å²) in [5.74, 6) is 0.0885. The fourth-order valence-electron chi connectivity index (χ4n) is 2.23. The lowest BCUT2D eigenvalue weighted by atomic mass is 10.1. The molecule has 5 heteroatoms. The number of pyridine rings is 1. The summed E-state index contributed by atoms with van der Waals surface area (Å²) >= 11 is 0. The Hall–Kier alpha value is -1.62. The average molecular weight is 248 g/mol. The average Bonchev–Trinajstić information content (AvgIpc) is 2.64. The first kappa shape index (κ1) is 12.8. The third-order valence-electron chi connectivity index (χ3n) is 3.24. The van der Waals surface area contributed by atoms with E-state index in [1.54, 1.807) is 18.5 Å². The van der Waals surface area contributed by atoms with E-state index in [0.717, 1.165) is 43.8 Å². The number of hydrogen-bond acceptors (Lipinski definition) is 4. The molecule has 1 aromatic rings. The van der Waals surface area contributed by atoms with Gasteiger partial charge in [-0.3, -0.25) is 10.4 Å². The molecule has 1 aliphatic rings. The van der Waals surface area contributed by atoms with Gasteiger partial charge in [-0.15, -0.1) is 0 Å². The van der Waals surface area contributed by atoms with Crippen LogP contribution in [0.25, 0.3) is 0 Å². The fourth-order valence-corrected chi connectivity index (χ4v) is 2.23. The second-order valence-electron chi connectivity index (χ2n) is 4.51. The number of amidine groups is 1. The van der Waals surface area contributed by atoms with Gasteiger partial charge in [-0.2, -0.15) is 0 Å². The maximum Gasteiger partial charge on any atom is 0.125 e. The molecule has 1 aliphatic heterocycles. The molecule has 0 aliphatic carbocycles. The Morgan fingerprint density at radius 3 is 3.22 bits per heavy atom. The number of nitrogen functional groups attached to an aromatic ring is 1. The van der Waals surface area contributed by atoms with Crippen LogP contribution >= 0.6 is 0 Å². The molecule has 1 saturated heterocycles. The van der Waals surface area contributed by atoms with Crippen molar-refractivity contribution in [3.63, 3.8) is 0 Å². The Kier molecular flexibility index (Phi) is 4.15. The van der Waals surface area contributed by atoms with E-state index in [-0.39, 0.29) is 11.9 Å². The number of nitrogens with one attached hydrogen (secondary N) is 1. The van der Waals surface area contributed by atoms with Gasteiger partial charge in [0.05, 0.1) is 18.0 Å². The monoisotopic (exact) mass is 248 g/mol. The third kappa shape index (κ3) is 2.79. The maximum absolute atomic E-state index is 7.64. The van der Waals surface area contributed by atoms with Gasteiger partial charge in [0.15, 0.2) is 0 Å². The smallest absolute Gasteiger partial charge is 0.125 e. The quantitative estimate of drug-likeness (QED) is 0.626. The van der Waals surface area contributed by atoms with Gasteiger partial charge in [0, 0.05) is 31.5 Å². The van der Waals surface area contributed by atoms with Crippen LogP contribution in [0.1, 0.15) is 25.3 Å². The third-order valence-corrected chi connectivity index (χ3v) is 3.24. The minimum absolute atomic E-state index is 0.0885. The van der Waals surface area contributed by atoms with Crippen molar-refractivity contribution in [3.05, 3.63) is 24.0 Å². The van der Waals surface area contributed by atoms with Gasteiger partial charge in [-0.25, -0.2) is 0 Å². The van der Waals surface area contributed by atoms with Crippen molar-refractivity contribution in [2.24, 2.45) is 5.73 Å². The molecule has 0 aromatic carbocycles. The van der Waals surface area contributed by atoms with Crippen LogP contribution in [-0.2, 0) is 4.74 Å². The second-order valence-corrected chi connectivity index (χ2v) is 4.51. The van der Waals surface area contributed by atoms with Gasteiger partial charge in [0.25, 0.3) is 0 Å². The van der Waals surface area contributed by atoms with E-state index in [1.807, 2.05) is 0 Å². The standard InChI is InChI=1S/C13H20N4O/c1-2-10-9-17(6-3-7-18-10)12-8-16-5-4-11(12)13(14)15/h4-5,8,10H,2-3,6-7,9H2,1H3,(H3,14,15). The predicted octanol–water partition coefficient (Wildman–Crippen LogP) is 1.37. The van der Waals surface area contributed by atoms with Crippen LogP contribution in [0.4, 0.5) is 5.69 Å². The SMILES string of the molecule is CCC1CN(c2cnccc2C(=N)N)CCCO1. The lowest BCUT2D eigenvalue weighted by Crippen LogP contribution is -2.33. The summed E-state index contributed by atoms with van der Waals surface area (Å²) in [4.78, 5) is 6.38. The summed E-state index contributed by atoms with van der Waals surface area (Å²) in [7, 11) is 0. The van der Waals surface area contributed by atoms with E-state index in [1.165, 1.54) is 0 Å². The van der Waals surface area contributed by atoms with Crippen LogP contribution in [0.5, 0.6) is 0 Å². The number of aromatic nitrogens is 1. The van der Waals surface area contributed by atoms with Crippen LogP contribution in [-0.4, -0.2) is 36.6 Å². The number of ether oxygens (including phenoxy) is 1. The summed E-state index contributed by atoms with van der Waals surface area (Å²) in [6.07, 6.45) is 5.68. The van der Waals surface area contributed by atoms with E-state index in [4.69, 9.17) is 15.9 Å². The van der Waals surface area contributed by atoms with Crippen LogP contribution in [0.3, 0.4) is 0 Å². The highest BCUT2D eigenvalue weighted by Crippen LogP contribution is 2.22. The first-order chi connectivity index (χ1) is 8.72. The highest BCUT2D eigenvalue weighted by Gasteiger charge is 2.20. The largest absolute Gasteiger partial charge is 0.384 e. The maximum atomic E-state index is 7.64. The molecule has 2 rings (SSSR count). The zero-order valence-electron chi connectivity index (χ0n) is 10.7. The van der Waals surface area contributed by atoms with Gasteiger partial charge in [-0.05, 0) is 18.9 Å². The Labute approximate surface area is 107 Å². The van der Waals surface area contributed by atoms with Gasteiger partial charge >= 0.3 is 0 Å². The Balaban J connectivity index is 2.26. The highest BCUT2D eigenvalue weighted by molar-refractivity contribution is 6.00. The summed E-state index contributed by atoms with van der Waals surface area (Å²) in [6, 6.07) is 1.80. The van der Waals surface area contributed by atoms with Crippen molar-refractivity contribution in [3.8, 4) is 0 Å². The van der Waals surface area contributed by atoms with E-state index in [0.29, 0.717) is 0 Å². The zero-order valence-corrected chi connectivity index (χ0v) is 10.7. The number of nitrogens with two attached hydrogens (primary N) is 1. The van der Waals surface area contributed by atoms with Crippen molar-refractivity contribution in [2.75, 3.05) is 24.6 Å². The van der Waals surface area contributed by atoms with Gasteiger partial charge in [-0.1, -0.05) is 6.92 Å². The van der Waals surface area contributed by atoms with E-state index in [9.17, 15) is 0 Å². The molecule has 18 heavy (non-hydrogen) atoms. The first-order valence-electron chi connectivity index (χ1n) is 6.37. The molecule has 5 nitrogen and oxygen atoms in total. The summed E-state index contributed by atoms with van der Waals surface area (Å²) in [5, 5.41) is 7.64. The molecule has 3 N–H and O–H groups in total. The normalized spacial score (nSPS) is 20.5. The van der Waals surface area contributed by atoms with Crippen molar-refractivity contribution in [1.29, 1.82) is 5.41 Å². The lowest BCUT2D eigenvalue weighted by molar-refractivity contribution is 0.0664. The zero-order chi connectivity index (χ0) is 13.0. The number of nitrogens with zero attached hydrogens (tertiary/aromatic N) is 2. The van der Waals surface area contributed by atoms with Crippen molar-refractivity contribution < 1.29 is 4.74 Å². The van der Waals surface area contributed by atoms with Crippen molar-refractivity contribution >= 4 is 11.5 Å². The highest BCUT2D eigenvalue weighted by atomic mass is 16.5. The lowest BCUT2D eigenvalue weighted by Gasteiger charge is -2.26. The van der Waals surface area contributed by atoms with Gasteiger partial charge in [0.1, 0.15) is 5.84 Å². The Morgan fingerprint density at radius 1 is 1.67 bits per heavy atom. The second kappa shape index (κ2) is 5.82. The molecule has 0 bridgehead atoms. The predicted molar refractivity (Wildman–Crippen MR) is 72.1 cm³/mol. The Bertz CT molecular complexity index is 421. The van der Waals surface area contributed by atoms with Crippen molar-refractivity contribution in [1.82, 2.24) is 4.98 Å². The Morgan fingerprint density at radius 2 is 2.50 bits per heavy atom. The van der Waals surface area contributed by atoms with Crippen LogP contribution in [0, 0.1) is 5.41 Å². The summed E-state index contributed by atoms with van der Waals surface area (Å²) in [6.45, 7) is 4.68. The van der Waals surface area contributed by atoms with Crippen LogP contribution in [0.15, 0.2) is 18.5 Å². The molecular formula is C13H20N4O. The van der Waals surface area contributed by atoms with Crippen LogP contribution < -0.4 is 10.6 Å². The van der Waals surface area contributed by atoms with Gasteiger partial charge < -0.3 is 15.4 Å². The minimum atomic E-state index is 0.0885. The first-order valence-corrected chi connectivity index (χ1v) is 6.37. The molecule has 0 amide bonds. The minimum Gasteiger partial charge on any atom is -0.384 e. The molecule has 98 valence electrons. The summed E-state index contributed by atoms with van der Waals surface area (Å²) < 4.78 is 5.76. The molecule has 1 unspecified atom stereocenters. The molecule has 1 atom stereocenters. The number of rotatable bonds is 3. The molecule has 0 spiro atoms. The molecule has 1 aromatic heterocycles. The van der Waals surface area contributed by atoms with E-state index >= 15 is 0 Å². The van der Waals surface area contributed by atoms with Crippen molar-refractivity contribution in [2.45, 2.75) is 25.9 Å². The molecular weight excluding hydrogens is 228 g/mol. The molecule has 1 fully saturated rings. The van der Waals surface area contributed by atoms with E-state index < -0.39 is 0 Å². The number of anilines is 1. The molecule has 0 saturated carbocycles. The summed E-state index contributed by atoms with van der Waals surface area (Å²) in [5.41, 5.74) is 7.32. The number of hydrogen-bond donors (Lipinski definition) is 2. The fraction of sp³-hybridized carbons (Fsp3) is 0.538. The van der Waals surface area contributed by atoms with Crippen LogP contribution in [0.2, 0.25) is 0 Å². The molecule has 2 heterocycles. The topological polar surface area (TPSA) is 75.2 Å².